The van der Waals surface area contributed by atoms with Crippen LogP contribution in [0.2, 0.25) is 0 Å². The molecular weight excluding hydrogens is 133 g/mol. The van der Waals surface area contributed by atoms with Gasteiger partial charge in [-0.1, -0.05) is 0 Å². The molecule has 0 unspecified atom stereocenters. The van der Waals surface area contributed by atoms with Crippen molar-refractivity contribution in [3.05, 3.63) is 0 Å². The van der Waals surface area contributed by atoms with Crippen molar-refractivity contribution < 1.29 is 14.4 Å². The van der Waals surface area contributed by atoms with Crippen LogP contribution in [0.1, 0.15) is 0 Å². The molecule has 0 rings (SSSR count). The summed E-state index contributed by atoms with van der Waals surface area (Å²) in [5.41, 5.74) is 6.41. The molecule has 0 saturated carbocycles. The van der Waals surface area contributed by atoms with Crippen molar-refractivity contribution in [1.82, 2.24) is 5.48 Å². The van der Waals surface area contributed by atoms with Gasteiger partial charge in [0.2, 0.25) is 5.96 Å². The third kappa shape index (κ3) is 5.58. The fourth-order valence-electron chi connectivity index (χ4n) is 0.0900. The Bertz CT molecular complexity index is 84.6. The van der Waals surface area contributed by atoms with Gasteiger partial charge >= 0.3 is 8.60 Å². The van der Waals surface area contributed by atoms with Crippen LogP contribution in [0.15, 0.2) is 0 Å². The monoisotopic (exact) mass is 139 g/mol. The molecule has 6 N–H and O–H groups in total. The molecule has 0 fully saturated rings. The average molecular weight is 139 g/mol. The van der Waals surface area contributed by atoms with E-state index in [1.54, 1.807) is 5.48 Å². The van der Waals surface area contributed by atoms with Gasteiger partial charge in [-0.2, -0.15) is 4.62 Å². The van der Waals surface area contributed by atoms with Crippen LogP contribution in [0.25, 0.3) is 0 Å². The molecule has 0 aliphatic heterocycles. The zero-order valence-corrected chi connectivity index (χ0v) is 4.72. The van der Waals surface area contributed by atoms with Gasteiger partial charge in [0.15, 0.2) is 0 Å². The first kappa shape index (κ1) is 7.58. The molecule has 0 spiro atoms. The van der Waals surface area contributed by atoms with Crippen molar-refractivity contribution in [2.45, 2.75) is 0 Å². The maximum Gasteiger partial charge on any atom is 0.350 e. The predicted octanol–water partition coefficient (Wildman–Crippen LogP) is -1.39. The molecule has 0 aromatic rings. The summed E-state index contributed by atoms with van der Waals surface area (Å²) in [6.45, 7) is 0. The summed E-state index contributed by atoms with van der Waals surface area (Å²) in [7, 11) is -2.46. The van der Waals surface area contributed by atoms with E-state index in [1.165, 1.54) is 0 Å². The molecule has 0 amide bonds. The van der Waals surface area contributed by atoms with Crippen LogP contribution in [0, 0.1) is 5.41 Å². The topological polar surface area (TPSA) is 112 Å². The summed E-state index contributed by atoms with van der Waals surface area (Å²) in [5.74, 6) is -0.472. The number of hydrogen-bond acceptors (Lipinski definition) is 4. The highest BCUT2D eigenvalue weighted by atomic mass is 31.2. The second kappa shape index (κ2) is 3.57. The molecular formula is CH6N3O3P. The highest BCUT2D eigenvalue weighted by Gasteiger charge is 1.96. The lowest BCUT2D eigenvalue weighted by Crippen LogP contribution is -2.28. The second-order valence-electron chi connectivity index (χ2n) is 0.860. The summed E-state index contributed by atoms with van der Waals surface area (Å²) in [4.78, 5) is 16.0. The largest absolute Gasteiger partial charge is 0.368 e. The summed E-state index contributed by atoms with van der Waals surface area (Å²) in [5, 5.41) is 6.42. The molecule has 0 heterocycles. The van der Waals surface area contributed by atoms with Crippen molar-refractivity contribution in [3.8, 4) is 0 Å². The molecule has 0 saturated heterocycles. The number of guanidine groups is 1. The van der Waals surface area contributed by atoms with Crippen molar-refractivity contribution in [1.29, 1.82) is 5.41 Å². The SMILES string of the molecule is N=C(N)NOP(O)O. The minimum atomic E-state index is -2.46. The quantitative estimate of drug-likeness (QED) is 0.140. The first-order chi connectivity index (χ1) is 3.63. The molecule has 0 aromatic heterocycles. The number of hydrogen-bond donors (Lipinski definition) is 5. The fraction of sp³-hybridized carbons (Fsp3) is 0. The van der Waals surface area contributed by atoms with Crippen LogP contribution in [0.3, 0.4) is 0 Å². The van der Waals surface area contributed by atoms with E-state index in [2.05, 4.69) is 10.4 Å². The summed E-state index contributed by atoms with van der Waals surface area (Å²) >= 11 is 0. The van der Waals surface area contributed by atoms with Gasteiger partial charge in [-0.25, -0.2) is 5.48 Å². The standard InChI is InChI=1S/CH6N3O3P/c2-1(3)4-7-8(5)6/h5-6H,(H4,2,3,4). The molecule has 0 radical (unpaired) electrons. The number of nitrogens with two attached hydrogens (primary N) is 1. The molecule has 7 heteroatoms. The molecule has 8 heavy (non-hydrogen) atoms. The Labute approximate surface area is 46.7 Å². The van der Waals surface area contributed by atoms with Gasteiger partial charge in [-0.15, -0.1) is 0 Å². The minimum Gasteiger partial charge on any atom is -0.368 e. The molecule has 0 bridgehead atoms. The van der Waals surface area contributed by atoms with E-state index in [-0.39, 0.29) is 0 Å². The second-order valence-corrected chi connectivity index (χ2v) is 1.55. The maximum atomic E-state index is 7.98. The van der Waals surface area contributed by atoms with Crippen LogP contribution in [-0.4, -0.2) is 15.7 Å². The maximum absolute atomic E-state index is 7.98. The van der Waals surface area contributed by atoms with Gasteiger partial charge in [0, 0.05) is 0 Å². The van der Waals surface area contributed by atoms with Crippen molar-refractivity contribution in [2.75, 3.05) is 0 Å². The minimum absolute atomic E-state index is 0.472. The molecule has 48 valence electrons. The van der Waals surface area contributed by atoms with Gasteiger partial charge in [0.05, 0.1) is 0 Å². The lowest BCUT2D eigenvalue weighted by Gasteiger charge is -2.01. The Morgan fingerprint density at radius 2 is 2.25 bits per heavy atom. The summed E-state index contributed by atoms with van der Waals surface area (Å²) < 4.78 is 3.88. The van der Waals surface area contributed by atoms with Crippen molar-refractivity contribution >= 4 is 14.6 Å². The van der Waals surface area contributed by atoms with Crippen molar-refractivity contribution in [2.24, 2.45) is 5.73 Å². The van der Waals surface area contributed by atoms with E-state index in [0.717, 1.165) is 0 Å². The summed E-state index contributed by atoms with van der Waals surface area (Å²) in [6.07, 6.45) is 0. The number of nitrogens with one attached hydrogen (secondary N) is 2. The number of rotatable bonds is 2. The Kier molecular flexibility index (Phi) is 3.38. The molecule has 0 aliphatic rings. The Hall–Kier alpha value is -0.420. The molecule has 0 atom stereocenters. The highest BCUT2D eigenvalue weighted by Crippen LogP contribution is 2.20. The highest BCUT2D eigenvalue weighted by molar-refractivity contribution is 7.39. The van der Waals surface area contributed by atoms with Crippen LogP contribution in [-0.2, 0) is 4.62 Å². The first-order valence-corrected chi connectivity index (χ1v) is 2.74. The van der Waals surface area contributed by atoms with Gasteiger partial charge in [-0.3, -0.25) is 5.41 Å². The first-order valence-electron chi connectivity index (χ1n) is 1.58. The van der Waals surface area contributed by atoms with Crippen LogP contribution >= 0.6 is 8.60 Å². The van der Waals surface area contributed by atoms with E-state index in [1.807, 2.05) is 0 Å². The third-order valence-corrected chi connectivity index (χ3v) is 0.492. The van der Waals surface area contributed by atoms with Gasteiger partial charge < -0.3 is 15.5 Å². The Morgan fingerprint density at radius 3 is 2.38 bits per heavy atom. The van der Waals surface area contributed by atoms with E-state index in [0.29, 0.717) is 0 Å². The lowest BCUT2D eigenvalue weighted by molar-refractivity contribution is 0.212. The van der Waals surface area contributed by atoms with E-state index in [4.69, 9.17) is 15.2 Å². The molecule has 0 aromatic carbocycles. The van der Waals surface area contributed by atoms with Gasteiger partial charge in [0.25, 0.3) is 0 Å². The van der Waals surface area contributed by atoms with Gasteiger partial charge in [-0.05, 0) is 0 Å². The van der Waals surface area contributed by atoms with Crippen LogP contribution in [0.4, 0.5) is 0 Å². The number of hydroxylamine groups is 1. The van der Waals surface area contributed by atoms with Crippen LogP contribution < -0.4 is 11.2 Å². The van der Waals surface area contributed by atoms with Gasteiger partial charge in [0.1, 0.15) is 0 Å². The fourth-order valence-corrected chi connectivity index (χ4v) is 0.270. The van der Waals surface area contributed by atoms with Crippen molar-refractivity contribution in [3.63, 3.8) is 0 Å². The third-order valence-electron chi connectivity index (χ3n) is 0.237. The smallest absolute Gasteiger partial charge is 0.350 e. The zero-order valence-electron chi connectivity index (χ0n) is 3.83. The van der Waals surface area contributed by atoms with Crippen LogP contribution in [0.5, 0.6) is 0 Å². The Balaban J connectivity index is 3.05. The lowest BCUT2D eigenvalue weighted by atomic mass is 11.1. The van der Waals surface area contributed by atoms with E-state index in [9.17, 15) is 0 Å². The van der Waals surface area contributed by atoms with E-state index < -0.39 is 14.6 Å². The predicted molar refractivity (Wildman–Crippen MR) is 27.5 cm³/mol. The average Bonchev–Trinajstić information content (AvgIpc) is 1.61. The van der Waals surface area contributed by atoms with E-state index >= 15 is 0 Å². The zero-order chi connectivity index (χ0) is 6.57. The molecule has 6 nitrogen and oxygen atoms in total. The normalized spacial score (nSPS) is 9.38. The summed E-state index contributed by atoms with van der Waals surface area (Å²) in [6, 6.07) is 0. The Morgan fingerprint density at radius 1 is 1.75 bits per heavy atom. The molecule has 0 aliphatic carbocycles.